The van der Waals surface area contributed by atoms with Crippen LogP contribution in [0, 0.1) is 5.82 Å². The molecule has 0 bridgehead atoms. The lowest BCUT2D eigenvalue weighted by molar-refractivity contribution is 0.0627. The second-order valence-corrected chi connectivity index (χ2v) is 10.2. The van der Waals surface area contributed by atoms with Crippen LogP contribution in [0.25, 0.3) is 10.9 Å². The fourth-order valence-corrected chi connectivity index (χ4v) is 5.44. The lowest BCUT2D eigenvalue weighted by Crippen LogP contribution is -2.48. The maximum atomic E-state index is 13.1. The van der Waals surface area contributed by atoms with Crippen molar-refractivity contribution in [3.63, 3.8) is 0 Å². The predicted molar refractivity (Wildman–Crippen MR) is 134 cm³/mol. The largest absolute Gasteiger partial charge is 0.336 e. The smallest absolute Gasteiger partial charge is 0.264 e. The van der Waals surface area contributed by atoms with Crippen molar-refractivity contribution in [1.82, 2.24) is 19.8 Å². The number of pyridine rings is 2. The van der Waals surface area contributed by atoms with Gasteiger partial charge < -0.3 is 4.90 Å². The summed E-state index contributed by atoms with van der Waals surface area (Å²) in [5, 5.41) is 0.732. The van der Waals surface area contributed by atoms with Crippen LogP contribution >= 0.6 is 0 Å². The molecule has 1 aliphatic heterocycles. The first kappa shape index (κ1) is 23.8. The van der Waals surface area contributed by atoms with Crippen molar-refractivity contribution in [2.45, 2.75) is 11.4 Å². The molecule has 1 N–H and O–H groups in total. The van der Waals surface area contributed by atoms with Crippen LogP contribution < -0.4 is 4.72 Å². The molecule has 0 saturated carbocycles. The number of hydrogen-bond acceptors (Lipinski definition) is 6. The molecule has 1 aliphatic rings. The molecule has 1 amide bonds. The van der Waals surface area contributed by atoms with E-state index in [9.17, 15) is 17.6 Å². The third kappa shape index (κ3) is 5.19. The lowest BCUT2D eigenvalue weighted by Gasteiger charge is -2.34. The summed E-state index contributed by atoms with van der Waals surface area (Å²) in [6.45, 7) is 3.08. The van der Waals surface area contributed by atoms with Crippen LogP contribution in [-0.2, 0) is 16.6 Å². The molecule has 1 saturated heterocycles. The highest BCUT2D eigenvalue weighted by Crippen LogP contribution is 2.23. The molecule has 0 unspecified atom stereocenters. The molecule has 10 heteroatoms. The topological polar surface area (TPSA) is 95.5 Å². The molecule has 0 radical (unpaired) electrons. The fourth-order valence-electron chi connectivity index (χ4n) is 4.20. The van der Waals surface area contributed by atoms with Crippen LogP contribution in [0.3, 0.4) is 0 Å². The molecular weight excluding hydrogens is 481 g/mol. The molecule has 5 rings (SSSR count). The Kier molecular flexibility index (Phi) is 6.62. The van der Waals surface area contributed by atoms with Crippen LogP contribution in [0.1, 0.15) is 16.1 Å². The highest BCUT2D eigenvalue weighted by Gasteiger charge is 2.23. The van der Waals surface area contributed by atoms with E-state index in [-0.39, 0.29) is 16.6 Å². The number of aromatic nitrogens is 2. The van der Waals surface area contributed by atoms with Crippen molar-refractivity contribution in [1.29, 1.82) is 0 Å². The summed E-state index contributed by atoms with van der Waals surface area (Å²) in [6.07, 6.45) is 2.76. The van der Waals surface area contributed by atoms with Gasteiger partial charge in [0, 0.05) is 55.6 Å². The second kappa shape index (κ2) is 10.00. The Hall–Kier alpha value is -3.89. The zero-order valence-corrected chi connectivity index (χ0v) is 20.2. The number of amides is 1. The third-order valence-corrected chi connectivity index (χ3v) is 7.52. The number of nitrogens with zero attached hydrogens (tertiary/aromatic N) is 4. The molecular formula is C26H24FN5O3S. The van der Waals surface area contributed by atoms with Crippen LogP contribution in [0.15, 0.2) is 84.0 Å². The van der Waals surface area contributed by atoms with Crippen molar-refractivity contribution in [2.75, 3.05) is 30.9 Å². The van der Waals surface area contributed by atoms with Gasteiger partial charge in [0.05, 0.1) is 17.4 Å². The van der Waals surface area contributed by atoms with Crippen LogP contribution in [-0.4, -0.2) is 60.3 Å². The van der Waals surface area contributed by atoms with Gasteiger partial charge in [-0.15, -0.1) is 0 Å². The van der Waals surface area contributed by atoms with E-state index in [4.69, 9.17) is 0 Å². The zero-order valence-electron chi connectivity index (χ0n) is 19.3. The van der Waals surface area contributed by atoms with E-state index in [1.165, 1.54) is 18.3 Å². The van der Waals surface area contributed by atoms with Gasteiger partial charge >= 0.3 is 0 Å². The number of carbonyl (C=O) groups excluding carboxylic acids is 1. The standard InChI is InChI=1S/C26H24FN5O3S/c27-21-8-11-23(29-17-21)18-31-13-15-32(16-14-31)26(33)20-6-9-22(10-7-20)30-36(34,35)24-5-1-3-19-4-2-12-28-25(19)24/h1-12,17,30H,13-16,18H2. The van der Waals surface area contributed by atoms with Gasteiger partial charge in [0.2, 0.25) is 0 Å². The first-order chi connectivity index (χ1) is 17.4. The molecule has 8 nitrogen and oxygen atoms in total. The summed E-state index contributed by atoms with van der Waals surface area (Å²) in [5.74, 6) is -0.472. The fraction of sp³-hybridized carbons (Fsp3) is 0.192. The van der Waals surface area contributed by atoms with Gasteiger partial charge in [-0.25, -0.2) is 12.8 Å². The number of benzene rings is 2. The first-order valence-electron chi connectivity index (χ1n) is 11.5. The maximum Gasteiger partial charge on any atom is 0.264 e. The normalized spacial score (nSPS) is 14.6. The number of halogens is 1. The van der Waals surface area contributed by atoms with Crippen molar-refractivity contribution < 1.29 is 17.6 Å². The SMILES string of the molecule is O=C(c1ccc(NS(=O)(=O)c2cccc3cccnc23)cc1)N1CCN(Cc2ccc(F)cn2)CC1. The van der Waals surface area contributed by atoms with Crippen LogP contribution in [0.5, 0.6) is 0 Å². The summed E-state index contributed by atoms with van der Waals surface area (Å²) in [7, 11) is -3.87. The molecule has 1 fully saturated rings. The van der Waals surface area contributed by atoms with Crippen molar-refractivity contribution in [3.8, 4) is 0 Å². The zero-order chi connectivity index (χ0) is 25.1. The monoisotopic (exact) mass is 505 g/mol. The Balaban J connectivity index is 1.21. The van der Waals surface area contributed by atoms with Gasteiger partial charge in [0.15, 0.2) is 0 Å². The molecule has 36 heavy (non-hydrogen) atoms. The van der Waals surface area contributed by atoms with Crippen molar-refractivity contribution in [3.05, 3.63) is 96.2 Å². The molecule has 3 heterocycles. The van der Waals surface area contributed by atoms with Gasteiger partial charge in [0.25, 0.3) is 15.9 Å². The minimum absolute atomic E-state index is 0.0921. The van der Waals surface area contributed by atoms with Gasteiger partial charge in [0.1, 0.15) is 10.7 Å². The maximum absolute atomic E-state index is 13.1. The predicted octanol–water partition coefficient (Wildman–Crippen LogP) is 3.53. The number of sulfonamides is 1. The van der Waals surface area contributed by atoms with Gasteiger partial charge in [-0.2, -0.15) is 0 Å². The molecule has 2 aromatic carbocycles. The summed E-state index contributed by atoms with van der Waals surface area (Å²) >= 11 is 0. The van der Waals surface area contributed by atoms with Gasteiger partial charge in [-0.3, -0.25) is 24.4 Å². The number of nitrogens with one attached hydrogen (secondary N) is 1. The number of carbonyl (C=O) groups is 1. The van der Waals surface area contributed by atoms with E-state index in [2.05, 4.69) is 19.6 Å². The number of fused-ring (bicyclic) bond motifs is 1. The second-order valence-electron chi connectivity index (χ2n) is 8.55. The highest BCUT2D eigenvalue weighted by molar-refractivity contribution is 7.93. The minimum atomic E-state index is -3.87. The summed E-state index contributed by atoms with van der Waals surface area (Å²) in [6, 6.07) is 18.0. The molecule has 4 aromatic rings. The minimum Gasteiger partial charge on any atom is -0.336 e. The van der Waals surface area contributed by atoms with Crippen LogP contribution in [0.2, 0.25) is 0 Å². The molecule has 0 aliphatic carbocycles. The van der Waals surface area contributed by atoms with E-state index in [0.717, 1.165) is 11.1 Å². The Labute approximate surface area is 208 Å². The third-order valence-electron chi connectivity index (χ3n) is 6.10. The molecule has 184 valence electrons. The van der Waals surface area contributed by atoms with E-state index in [1.54, 1.807) is 65.7 Å². The number of rotatable bonds is 6. The average Bonchev–Trinajstić information content (AvgIpc) is 2.90. The average molecular weight is 506 g/mol. The number of anilines is 1. The van der Waals surface area contributed by atoms with E-state index >= 15 is 0 Å². The number of para-hydroxylation sites is 1. The summed E-state index contributed by atoms with van der Waals surface area (Å²) in [4.78, 5) is 25.3. The Bertz CT molecular complexity index is 1480. The quantitative estimate of drug-likeness (QED) is 0.431. The first-order valence-corrected chi connectivity index (χ1v) is 13.0. The lowest BCUT2D eigenvalue weighted by atomic mass is 10.1. The van der Waals surface area contributed by atoms with E-state index < -0.39 is 10.0 Å². The van der Waals surface area contributed by atoms with Gasteiger partial charge in [-0.1, -0.05) is 18.2 Å². The van der Waals surface area contributed by atoms with E-state index in [1.807, 2.05) is 0 Å². The van der Waals surface area contributed by atoms with E-state index in [0.29, 0.717) is 49.5 Å². The van der Waals surface area contributed by atoms with Crippen molar-refractivity contribution >= 4 is 32.5 Å². The Morgan fingerprint density at radius 2 is 1.67 bits per heavy atom. The molecule has 0 atom stereocenters. The Morgan fingerprint density at radius 1 is 0.917 bits per heavy atom. The summed E-state index contributed by atoms with van der Waals surface area (Å²) < 4.78 is 41.6. The van der Waals surface area contributed by atoms with Crippen molar-refractivity contribution in [2.24, 2.45) is 0 Å². The number of piperazine rings is 1. The summed E-state index contributed by atoms with van der Waals surface area (Å²) in [5.41, 5.74) is 2.02. The molecule has 0 spiro atoms. The molecule has 2 aromatic heterocycles. The van der Waals surface area contributed by atoms with Crippen LogP contribution in [0.4, 0.5) is 10.1 Å². The van der Waals surface area contributed by atoms with Gasteiger partial charge in [-0.05, 0) is 48.5 Å². The number of hydrogen-bond donors (Lipinski definition) is 1. The highest BCUT2D eigenvalue weighted by atomic mass is 32.2. The Morgan fingerprint density at radius 3 is 2.39 bits per heavy atom.